The van der Waals surface area contributed by atoms with Gasteiger partial charge in [-0.1, -0.05) is 0 Å². The van der Waals surface area contributed by atoms with Crippen molar-refractivity contribution < 1.29 is 9.47 Å². The lowest BCUT2D eigenvalue weighted by atomic mass is 10.2. The molecule has 3 nitrogen and oxygen atoms in total. The van der Waals surface area contributed by atoms with Crippen LogP contribution in [0.1, 0.15) is 0 Å². The summed E-state index contributed by atoms with van der Waals surface area (Å²) < 4.78 is 11.8. The Balaban J connectivity index is 2.40. The van der Waals surface area contributed by atoms with E-state index in [0.29, 0.717) is 0 Å². The van der Waals surface area contributed by atoms with Crippen molar-refractivity contribution in [3.8, 4) is 11.5 Å². The molecule has 0 aliphatic heterocycles. The van der Waals surface area contributed by atoms with E-state index in [1.54, 1.807) is 25.6 Å². The lowest BCUT2D eigenvalue weighted by molar-refractivity contribution is 0.356. The molecule has 16 heavy (non-hydrogen) atoms. The van der Waals surface area contributed by atoms with Crippen LogP contribution in [0.5, 0.6) is 11.5 Å². The number of nitrogens with one attached hydrogen (secondary N) is 1. The van der Waals surface area contributed by atoms with Crippen LogP contribution in [0.2, 0.25) is 0 Å². The van der Waals surface area contributed by atoms with Crippen LogP contribution in [0.4, 0.5) is 0 Å². The molecule has 0 amide bonds. The van der Waals surface area contributed by atoms with E-state index in [1.807, 2.05) is 12.1 Å². The van der Waals surface area contributed by atoms with Gasteiger partial charge in [0.1, 0.15) is 0 Å². The van der Waals surface area contributed by atoms with Gasteiger partial charge in [0.15, 0.2) is 11.5 Å². The average molecular weight is 233 g/mol. The Morgan fingerprint density at radius 3 is 2.56 bits per heavy atom. The molecule has 4 heteroatoms. The molecule has 0 atom stereocenters. The van der Waals surface area contributed by atoms with Crippen molar-refractivity contribution in [2.24, 2.45) is 0 Å². The van der Waals surface area contributed by atoms with E-state index in [9.17, 15) is 0 Å². The maximum Gasteiger partial charge on any atom is 0.162 e. The summed E-state index contributed by atoms with van der Waals surface area (Å²) in [5.74, 6) is 1.52. The van der Waals surface area contributed by atoms with Crippen molar-refractivity contribution in [3.05, 3.63) is 23.6 Å². The maximum atomic E-state index is 5.30. The van der Waals surface area contributed by atoms with Crippen LogP contribution in [-0.2, 0) is 0 Å². The zero-order valence-electron chi connectivity index (χ0n) is 9.03. The molecule has 0 saturated carbocycles. The number of rotatable bonds is 2. The van der Waals surface area contributed by atoms with Crippen LogP contribution in [0.15, 0.2) is 23.6 Å². The van der Waals surface area contributed by atoms with Crippen molar-refractivity contribution in [3.63, 3.8) is 0 Å². The van der Waals surface area contributed by atoms with E-state index in [4.69, 9.17) is 9.47 Å². The summed E-state index contributed by atoms with van der Waals surface area (Å²) in [7, 11) is 3.30. The van der Waals surface area contributed by atoms with E-state index in [0.717, 1.165) is 22.5 Å². The van der Waals surface area contributed by atoms with Crippen molar-refractivity contribution in [1.29, 1.82) is 0 Å². The molecule has 0 bridgehead atoms. The average Bonchev–Trinajstić information content (AvgIpc) is 2.87. The minimum atomic E-state index is 0.754. The first-order chi connectivity index (χ1) is 7.83. The van der Waals surface area contributed by atoms with E-state index in [-0.39, 0.29) is 0 Å². The predicted octanol–water partition coefficient (Wildman–Crippen LogP) is 3.40. The molecule has 0 saturated heterocycles. The Morgan fingerprint density at radius 1 is 1.06 bits per heavy atom. The Bertz CT molecular complexity index is 653. The van der Waals surface area contributed by atoms with Crippen molar-refractivity contribution in [2.75, 3.05) is 14.2 Å². The van der Waals surface area contributed by atoms with Crippen molar-refractivity contribution >= 4 is 32.5 Å². The molecule has 0 spiro atoms. The largest absolute Gasteiger partial charge is 0.493 e. The van der Waals surface area contributed by atoms with Crippen LogP contribution in [0.3, 0.4) is 0 Å². The summed E-state index contributed by atoms with van der Waals surface area (Å²) in [5.41, 5.74) is 2.25. The van der Waals surface area contributed by atoms with Crippen LogP contribution in [0.25, 0.3) is 21.1 Å². The molecule has 0 fully saturated rings. The van der Waals surface area contributed by atoms with Gasteiger partial charge < -0.3 is 14.5 Å². The van der Waals surface area contributed by atoms with Gasteiger partial charge in [0.2, 0.25) is 0 Å². The molecular weight excluding hydrogens is 222 g/mol. The quantitative estimate of drug-likeness (QED) is 0.736. The predicted molar refractivity (Wildman–Crippen MR) is 66.8 cm³/mol. The van der Waals surface area contributed by atoms with Crippen molar-refractivity contribution in [1.82, 2.24) is 4.98 Å². The fraction of sp³-hybridized carbons (Fsp3) is 0.167. The van der Waals surface area contributed by atoms with Gasteiger partial charge in [-0.25, -0.2) is 0 Å². The Hall–Kier alpha value is -1.68. The third kappa shape index (κ3) is 1.20. The van der Waals surface area contributed by atoms with Crippen LogP contribution in [-0.4, -0.2) is 19.2 Å². The maximum absolute atomic E-state index is 5.30. The number of hydrogen-bond donors (Lipinski definition) is 1. The zero-order valence-corrected chi connectivity index (χ0v) is 9.85. The highest BCUT2D eigenvalue weighted by Crippen LogP contribution is 2.37. The molecule has 3 rings (SSSR count). The van der Waals surface area contributed by atoms with Crippen LogP contribution in [0, 0.1) is 0 Å². The van der Waals surface area contributed by atoms with E-state index in [1.165, 1.54) is 10.1 Å². The highest BCUT2D eigenvalue weighted by atomic mass is 32.1. The standard InChI is InChI=1S/C12H11NO2S/c1-14-10-5-7-9(6-11(10)15-2)13-8-3-4-16-12(7)8/h3-6,13H,1-2H3. The molecule has 3 aromatic rings. The number of aromatic amines is 1. The fourth-order valence-corrected chi connectivity index (χ4v) is 2.81. The number of hydrogen-bond acceptors (Lipinski definition) is 3. The molecule has 0 aliphatic rings. The zero-order chi connectivity index (χ0) is 11.1. The van der Waals surface area contributed by atoms with Gasteiger partial charge in [-0.15, -0.1) is 11.3 Å². The third-order valence-corrected chi connectivity index (χ3v) is 3.65. The first kappa shape index (κ1) is 9.54. The second-order valence-electron chi connectivity index (χ2n) is 3.54. The molecule has 0 radical (unpaired) electrons. The van der Waals surface area contributed by atoms with Crippen LogP contribution < -0.4 is 9.47 Å². The molecule has 0 aliphatic carbocycles. The minimum absolute atomic E-state index is 0.754. The summed E-state index contributed by atoms with van der Waals surface area (Å²) in [6, 6.07) is 6.07. The Kier molecular flexibility index (Phi) is 2.04. The number of fused-ring (bicyclic) bond motifs is 3. The number of H-pyrrole nitrogens is 1. The van der Waals surface area contributed by atoms with E-state index >= 15 is 0 Å². The lowest BCUT2D eigenvalue weighted by Crippen LogP contribution is -1.89. The first-order valence-corrected chi connectivity index (χ1v) is 5.82. The van der Waals surface area contributed by atoms with Gasteiger partial charge in [-0.05, 0) is 17.5 Å². The topological polar surface area (TPSA) is 34.2 Å². The van der Waals surface area contributed by atoms with Gasteiger partial charge >= 0.3 is 0 Å². The highest BCUT2D eigenvalue weighted by Gasteiger charge is 2.10. The molecule has 1 N–H and O–H groups in total. The summed E-state index contributed by atoms with van der Waals surface area (Å²) in [4.78, 5) is 3.36. The molecule has 2 heterocycles. The monoisotopic (exact) mass is 233 g/mol. The summed E-state index contributed by atoms with van der Waals surface area (Å²) in [6.07, 6.45) is 0. The number of aromatic nitrogens is 1. The molecule has 1 aromatic carbocycles. The fourth-order valence-electron chi connectivity index (χ4n) is 1.93. The second-order valence-corrected chi connectivity index (χ2v) is 4.46. The van der Waals surface area contributed by atoms with E-state index < -0.39 is 0 Å². The number of benzene rings is 1. The summed E-state index contributed by atoms with van der Waals surface area (Å²) in [5, 5.41) is 3.26. The van der Waals surface area contributed by atoms with Gasteiger partial charge in [-0.2, -0.15) is 0 Å². The molecule has 0 unspecified atom stereocenters. The van der Waals surface area contributed by atoms with Gasteiger partial charge in [0, 0.05) is 11.5 Å². The third-order valence-electron chi connectivity index (χ3n) is 2.70. The lowest BCUT2D eigenvalue weighted by Gasteiger charge is -2.06. The molecule has 82 valence electrons. The molecular formula is C12H11NO2S. The summed E-state index contributed by atoms with van der Waals surface area (Å²) >= 11 is 1.73. The first-order valence-electron chi connectivity index (χ1n) is 4.94. The van der Waals surface area contributed by atoms with E-state index in [2.05, 4.69) is 16.4 Å². The minimum Gasteiger partial charge on any atom is -0.493 e. The number of thiophene rings is 1. The highest BCUT2D eigenvalue weighted by molar-refractivity contribution is 7.18. The normalized spacial score (nSPS) is 11.1. The number of ether oxygens (including phenoxy) is 2. The number of methoxy groups -OCH3 is 2. The van der Waals surface area contributed by atoms with Crippen LogP contribution >= 0.6 is 11.3 Å². The van der Waals surface area contributed by atoms with Gasteiger partial charge in [0.05, 0.1) is 30.0 Å². The summed E-state index contributed by atoms with van der Waals surface area (Å²) in [6.45, 7) is 0. The second kappa shape index (κ2) is 3.42. The smallest absolute Gasteiger partial charge is 0.162 e. The Morgan fingerprint density at radius 2 is 1.81 bits per heavy atom. The van der Waals surface area contributed by atoms with Gasteiger partial charge in [0.25, 0.3) is 0 Å². The SMILES string of the molecule is COc1cc2[nH]c3ccsc3c2cc1OC. The Labute approximate surface area is 96.6 Å². The van der Waals surface area contributed by atoms with Gasteiger partial charge in [-0.3, -0.25) is 0 Å². The molecule has 2 aromatic heterocycles. The van der Waals surface area contributed by atoms with Crippen molar-refractivity contribution in [2.45, 2.75) is 0 Å².